The molecule has 0 saturated carbocycles. The molecule has 18 heavy (non-hydrogen) atoms. The Morgan fingerprint density at radius 3 is 2.56 bits per heavy atom. The molecular formula is C15H24N2O. The van der Waals surface area contributed by atoms with E-state index in [1.54, 1.807) is 13.8 Å². The molecule has 0 aliphatic heterocycles. The fourth-order valence-corrected chi connectivity index (χ4v) is 1.71. The van der Waals surface area contributed by atoms with E-state index in [0.717, 1.165) is 23.5 Å². The average Bonchev–Trinajstić information content (AvgIpc) is 2.27. The van der Waals surface area contributed by atoms with Crippen molar-refractivity contribution in [3.8, 4) is 0 Å². The number of aryl methyl sites for hydroxylation is 1. The third-order valence-electron chi connectivity index (χ3n) is 2.89. The lowest BCUT2D eigenvalue weighted by Crippen LogP contribution is -2.17. The summed E-state index contributed by atoms with van der Waals surface area (Å²) in [6.45, 7) is 9.65. The molecule has 1 aromatic heterocycles. The Bertz CT molecular complexity index is 431. The van der Waals surface area contributed by atoms with Gasteiger partial charge < -0.3 is 5.11 Å². The quantitative estimate of drug-likeness (QED) is 0.803. The molecule has 0 aliphatic carbocycles. The summed E-state index contributed by atoms with van der Waals surface area (Å²) in [6.07, 6.45) is 3.38. The van der Waals surface area contributed by atoms with E-state index >= 15 is 0 Å². The number of rotatable bonds is 5. The van der Waals surface area contributed by atoms with E-state index in [2.05, 4.69) is 23.8 Å². The van der Waals surface area contributed by atoms with Gasteiger partial charge in [0.1, 0.15) is 5.60 Å². The van der Waals surface area contributed by atoms with Crippen LogP contribution in [-0.4, -0.2) is 15.8 Å². The maximum absolute atomic E-state index is 9.90. The van der Waals surface area contributed by atoms with E-state index < -0.39 is 5.60 Å². The van der Waals surface area contributed by atoms with Gasteiger partial charge in [0.05, 0.1) is 17.1 Å². The maximum atomic E-state index is 9.90. The van der Waals surface area contributed by atoms with Crippen LogP contribution in [0.5, 0.6) is 0 Å². The van der Waals surface area contributed by atoms with Crippen LogP contribution in [0.3, 0.4) is 0 Å². The molecule has 0 bridgehead atoms. The first-order valence-electron chi connectivity index (χ1n) is 6.59. The second-order valence-electron chi connectivity index (χ2n) is 5.31. The highest BCUT2D eigenvalue weighted by Gasteiger charge is 2.18. The van der Waals surface area contributed by atoms with Crippen molar-refractivity contribution in [3.63, 3.8) is 0 Å². The van der Waals surface area contributed by atoms with Crippen LogP contribution in [0, 0.1) is 6.92 Å². The fourth-order valence-electron chi connectivity index (χ4n) is 1.71. The molecule has 1 rings (SSSR count). The van der Waals surface area contributed by atoms with Crippen LogP contribution in [0.1, 0.15) is 58.3 Å². The van der Waals surface area contributed by atoms with Crippen LogP contribution in [0.25, 0.3) is 0 Å². The molecule has 0 spiro atoms. The average molecular weight is 248 g/mol. The second-order valence-corrected chi connectivity index (χ2v) is 5.31. The first-order chi connectivity index (χ1) is 8.34. The summed E-state index contributed by atoms with van der Waals surface area (Å²) in [5.74, 6) is 0. The summed E-state index contributed by atoms with van der Waals surface area (Å²) >= 11 is 0. The van der Waals surface area contributed by atoms with Crippen LogP contribution >= 0.6 is 0 Å². The van der Waals surface area contributed by atoms with Gasteiger partial charge >= 0.3 is 0 Å². The van der Waals surface area contributed by atoms with Crippen molar-refractivity contribution >= 4 is 11.4 Å². The summed E-state index contributed by atoms with van der Waals surface area (Å²) in [7, 11) is 0. The molecule has 3 nitrogen and oxygen atoms in total. The molecule has 3 heteroatoms. The smallest absolute Gasteiger partial charge is 0.101 e. The zero-order valence-corrected chi connectivity index (χ0v) is 12.1. The Morgan fingerprint density at radius 1 is 1.39 bits per heavy atom. The Kier molecular flexibility index (Phi) is 5.03. The number of pyridine rings is 1. The predicted molar refractivity (Wildman–Crippen MR) is 76.5 cm³/mol. The Labute approximate surface area is 110 Å². The molecule has 0 radical (unpaired) electrons. The lowest BCUT2D eigenvalue weighted by atomic mass is 10.0. The van der Waals surface area contributed by atoms with Crippen LogP contribution < -0.4 is 0 Å². The molecule has 0 saturated heterocycles. The number of nitrogens with zero attached hydrogens (tertiary/aromatic N) is 2. The monoisotopic (exact) mass is 248 g/mol. The minimum Gasteiger partial charge on any atom is -0.384 e. The van der Waals surface area contributed by atoms with E-state index in [1.807, 2.05) is 19.1 Å². The van der Waals surface area contributed by atoms with Gasteiger partial charge in [-0.3, -0.25) is 9.98 Å². The van der Waals surface area contributed by atoms with Crippen molar-refractivity contribution in [2.75, 3.05) is 0 Å². The molecule has 1 aromatic rings. The van der Waals surface area contributed by atoms with E-state index in [4.69, 9.17) is 0 Å². The highest BCUT2D eigenvalue weighted by molar-refractivity contribution is 5.84. The minimum absolute atomic E-state index is 0.685. The van der Waals surface area contributed by atoms with Gasteiger partial charge in [0.25, 0.3) is 0 Å². The molecule has 0 aliphatic rings. The summed E-state index contributed by atoms with van der Waals surface area (Å²) < 4.78 is 0. The third kappa shape index (κ3) is 4.22. The third-order valence-corrected chi connectivity index (χ3v) is 2.89. The Morgan fingerprint density at radius 2 is 2.06 bits per heavy atom. The van der Waals surface area contributed by atoms with Gasteiger partial charge in [0.15, 0.2) is 0 Å². The van der Waals surface area contributed by atoms with Crippen LogP contribution in [0.15, 0.2) is 17.1 Å². The van der Waals surface area contributed by atoms with Gasteiger partial charge in [-0.15, -0.1) is 0 Å². The van der Waals surface area contributed by atoms with Crippen molar-refractivity contribution < 1.29 is 5.11 Å². The summed E-state index contributed by atoms with van der Waals surface area (Å²) in [6, 6.07) is 3.78. The van der Waals surface area contributed by atoms with Gasteiger partial charge in [0, 0.05) is 5.71 Å². The minimum atomic E-state index is -0.899. The number of aliphatic imine (C=N–C) groups is 1. The molecule has 1 heterocycles. The van der Waals surface area contributed by atoms with Gasteiger partial charge in [-0.25, -0.2) is 0 Å². The largest absolute Gasteiger partial charge is 0.384 e. The van der Waals surface area contributed by atoms with Crippen molar-refractivity contribution in [3.05, 3.63) is 23.5 Å². The molecule has 0 atom stereocenters. The summed E-state index contributed by atoms with van der Waals surface area (Å²) in [4.78, 5) is 9.01. The lowest BCUT2D eigenvalue weighted by molar-refractivity contribution is 0.0737. The predicted octanol–water partition coefficient (Wildman–Crippen LogP) is 3.90. The lowest BCUT2D eigenvalue weighted by Gasteiger charge is -2.17. The standard InChI is InChI=1S/C15H24N2O/c1-6-7-8-11(2)16-13-9-10-14(15(4,5)18)17-12(13)3/h9-10,18H,6-8H2,1-5H3. The number of hydrogen-bond acceptors (Lipinski definition) is 3. The van der Waals surface area contributed by atoms with Gasteiger partial charge in [-0.1, -0.05) is 13.3 Å². The van der Waals surface area contributed by atoms with E-state index in [1.165, 1.54) is 12.8 Å². The van der Waals surface area contributed by atoms with Crippen molar-refractivity contribution in [2.24, 2.45) is 4.99 Å². The molecule has 0 amide bonds. The van der Waals surface area contributed by atoms with Crippen molar-refractivity contribution in [1.29, 1.82) is 0 Å². The number of unbranched alkanes of at least 4 members (excludes halogenated alkanes) is 1. The first kappa shape index (κ1) is 14.8. The number of aliphatic hydroxyl groups is 1. The van der Waals surface area contributed by atoms with E-state index in [-0.39, 0.29) is 0 Å². The van der Waals surface area contributed by atoms with Gasteiger partial charge in [-0.05, 0) is 52.7 Å². The van der Waals surface area contributed by atoms with Crippen LogP contribution in [0.4, 0.5) is 5.69 Å². The van der Waals surface area contributed by atoms with Crippen molar-refractivity contribution in [1.82, 2.24) is 4.98 Å². The summed E-state index contributed by atoms with van der Waals surface area (Å²) in [5, 5.41) is 9.90. The highest BCUT2D eigenvalue weighted by Crippen LogP contribution is 2.23. The van der Waals surface area contributed by atoms with Gasteiger partial charge in [0.2, 0.25) is 0 Å². The van der Waals surface area contributed by atoms with Crippen LogP contribution in [0.2, 0.25) is 0 Å². The zero-order chi connectivity index (χ0) is 13.8. The number of hydrogen-bond donors (Lipinski definition) is 1. The zero-order valence-electron chi connectivity index (χ0n) is 12.1. The first-order valence-corrected chi connectivity index (χ1v) is 6.59. The van der Waals surface area contributed by atoms with Crippen molar-refractivity contribution in [2.45, 2.75) is 59.5 Å². The second kappa shape index (κ2) is 6.10. The highest BCUT2D eigenvalue weighted by atomic mass is 16.3. The molecule has 1 N–H and O–H groups in total. The van der Waals surface area contributed by atoms with E-state index in [9.17, 15) is 5.11 Å². The molecular weight excluding hydrogens is 224 g/mol. The van der Waals surface area contributed by atoms with Crippen LogP contribution in [-0.2, 0) is 5.60 Å². The fraction of sp³-hybridized carbons (Fsp3) is 0.600. The topological polar surface area (TPSA) is 45.5 Å². The van der Waals surface area contributed by atoms with E-state index in [0.29, 0.717) is 5.69 Å². The summed E-state index contributed by atoms with van der Waals surface area (Å²) in [5.41, 5.74) is 2.69. The molecule has 100 valence electrons. The maximum Gasteiger partial charge on any atom is 0.101 e. The van der Waals surface area contributed by atoms with Gasteiger partial charge in [-0.2, -0.15) is 0 Å². The molecule has 0 unspecified atom stereocenters. The number of aromatic nitrogens is 1. The normalized spacial score (nSPS) is 12.9. The molecule has 0 aromatic carbocycles. The Balaban J connectivity index is 2.93. The SMILES string of the molecule is CCCCC(C)=Nc1ccc(C(C)(C)O)nc1C. The molecule has 0 fully saturated rings. The Hall–Kier alpha value is -1.22.